The Labute approximate surface area is 341 Å². The van der Waals surface area contributed by atoms with Gasteiger partial charge in [0.15, 0.2) is 0 Å². The van der Waals surface area contributed by atoms with Crippen molar-refractivity contribution in [1.29, 1.82) is 0 Å². The van der Waals surface area contributed by atoms with Crippen molar-refractivity contribution < 1.29 is 26.3 Å². The molecule has 10 rings (SSSR count). The minimum Gasteiger partial charge on any atom is -0.310 e. The van der Waals surface area contributed by atoms with Gasteiger partial charge in [0.05, 0.1) is 22.2 Å². The number of hydrogen-bond acceptors (Lipinski definition) is 1. The lowest BCUT2D eigenvalue weighted by Crippen LogP contribution is -2.10. The molecule has 0 atom stereocenters. The number of aromatic nitrogens is 1. The SMILES string of the molecule is FC(F)(F)c1ccc2c3c1ccc1c(C(F)(F)F)ccc(c13)n2-c1ccc(N(c2ccc(-c3ccccc3)cc2)c2cc(-c3ccccc3)cc(-c3ccccc3)c2)cc1. The highest BCUT2D eigenvalue weighted by atomic mass is 19.4. The molecule has 0 aliphatic heterocycles. The molecule has 60 heavy (non-hydrogen) atoms. The Morgan fingerprint density at radius 3 is 1.13 bits per heavy atom. The molecular formula is C52H32F6N2. The molecule has 0 saturated heterocycles. The van der Waals surface area contributed by atoms with Gasteiger partial charge in [-0.3, -0.25) is 0 Å². The van der Waals surface area contributed by atoms with Crippen molar-refractivity contribution in [3.05, 3.63) is 205 Å². The molecule has 0 unspecified atom stereocenters. The molecule has 0 aliphatic rings. The van der Waals surface area contributed by atoms with E-state index < -0.39 is 23.5 Å². The second-order valence-electron chi connectivity index (χ2n) is 14.8. The molecule has 0 fully saturated rings. The molecule has 0 radical (unpaired) electrons. The van der Waals surface area contributed by atoms with Gasteiger partial charge in [-0.1, -0.05) is 115 Å². The van der Waals surface area contributed by atoms with Crippen LogP contribution in [0.1, 0.15) is 11.1 Å². The fraction of sp³-hybridized carbons (Fsp3) is 0.0385. The summed E-state index contributed by atoms with van der Waals surface area (Å²) in [4.78, 5) is 2.16. The molecule has 8 heteroatoms. The van der Waals surface area contributed by atoms with E-state index >= 15 is 0 Å². The molecule has 1 aromatic heterocycles. The predicted molar refractivity (Wildman–Crippen MR) is 230 cm³/mol. The average molecular weight is 799 g/mol. The third kappa shape index (κ3) is 6.41. The van der Waals surface area contributed by atoms with Crippen molar-refractivity contribution in [2.45, 2.75) is 12.4 Å². The van der Waals surface area contributed by atoms with Crippen molar-refractivity contribution in [3.8, 4) is 39.1 Å². The first-order chi connectivity index (χ1) is 29.0. The van der Waals surface area contributed by atoms with Crippen LogP contribution in [0.5, 0.6) is 0 Å². The smallest absolute Gasteiger partial charge is 0.310 e. The topological polar surface area (TPSA) is 8.17 Å². The lowest BCUT2D eigenvalue weighted by Gasteiger charge is -2.27. The summed E-state index contributed by atoms with van der Waals surface area (Å²) in [5.74, 6) is 0. The fourth-order valence-corrected chi connectivity index (χ4v) is 8.50. The minimum absolute atomic E-state index is 0.138. The van der Waals surface area contributed by atoms with Gasteiger partial charge < -0.3 is 9.47 Å². The number of nitrogens with zero attached hydrogens (tertiary/aromatic N) is 2. The van der Waals surface area contributed by atoms with Crippen LogP contribution in [0.4, 0.5) is 43.4 Å². The van der Waals surface area contributed by atoms with Crippen molar-refractivity contribution in [2.24, 2.45) is 0 Å². The van der Waals surface area contributed by atoms with E-state index in [1.54, 1.807) is 4.57 Å². The number of hydrogen-bond donors (Lipinski definition) is 0. The summed E-state index contributed by atoms with van der Waals surface area (Å²) in [5.41, 5.74) is 8.36. The highest BCUT2D eigenvalue weighted by Crippen LogP contribution is 2.47. The van der Waals surface area contributed by atoms with E-state index in [1.807, 2.05) is 78.9 Å². The van der Waals surface area contributed by atoms with E-state index in [0.29, 0.717) is 16.7 Å². The van der Waals surface area contributed by atoms with Crippen LogP contribution in [-0.4, -0.2) is 4.57 Å². The molecule has 0 bridgehead atoms. The summed E-state index contributed by atoms with van der Waals surface area (Å²) in [6.45, 7) is 0. The maximum absolute atomic E-state index is 14.3. The first-order valence-electron chi connectivity index (χ1n) is 19.3. The molecule has 0 N–H and O–H groups in total. The quantitative estimate of drug-likeness (QED) is 0.115. The molecular weight excluding hydrogens is 767 g/mol. The van der Waals surface area contributed by atoms with Gasteiger partial charge >= 0.3 is 12.4 Å². The van der Waals surface area contributed by atoms with E-state index in [0.717, 1.165) is 74.7 Å². The summed E-state index contributed by atoms with van der Waals surface area (Å²) in [6.07, 6.45) is -9.41. The van der Waals surface area contributed by atoms with E-state index in [-0.39, 0.29) is 21.5 Å². The van der Waals surface area contributed by atoms with Gasteiger partial charge in [0.25, 0.3) is 0 Å². The monoisotopic (exact) mass is 798 g/mol. The molecule has 10 aromatic rings. The Balaban J connectivity index is 1.17. The van der Waals surface area contributed by atoms with Gasteiger partial charge in [-0.25, -0.2) is 0 Å². The summed E-state index contributed by atoms with van der Waals surface area (Å²) in [5, 5.41) is -0.0210. The first kappa shape index (κ1) is 37.0. The van der Waals surface area contributed by atoms with Crippen LogP contribution in [0.25, 0.3) is 71.6 Å². The van der Waals surface area contributed by atoms with E-state index in [2.05, 4.69) is 83.8 Å². The van der Waals surface area contributed by atoms with Gasteiger partial charge in [-0.05, 0) is 123 Å². The predicted octanol–water partition coefficient (Wildman–Crippen LogP) is 15.9. The summed E-state index contributed by atoms with van der Waals surface area (Å²) >= 11 is 0. The highest BCUT2D eigenvalue weighted by Gasteiger charge is 2.37. The first-order valence-corrected chi connectivity index (χ1v) is 19.3. The summed E-state index contributed by atoms with van der Waals surface area (Å²) < 4.78 is 87.6. The zero-order valence-electron chi connectivity index (χ0n) is 31.6. The number of alkyl halides is 6. The van der Waals surface area contributed by atoms with Crippen LogP contribution in [0.3, 0.4) is 0 Å². The zero-order chi connectivity index (χ0) is 41.2. The molecule has 1 heterocycles. The Hall–Kier alpha value is -7.32. The second-order valence-corrected chi connectivity index (χ2v) is 14.8. The standard InChI is InChI=1S/C52H32F6N2/c53-51(54,55)45-26-28-47-49-43(45)24-25-44-46(52(56,57)58)27-29-48(50(44)49)60(47)41-22-20-40(21-23-41)59(39-18-16-36(17-19-39)33-10-4-1-5-11-33)42-31-37(34-12-6-2-7-13-34)30-38(32-42)35-14-8-3-9-15-35/h1-32H. The maximum atomic E-state index is 14.3. The Kier molecular flexibility index (Phi) is 8.75. The normalized spacial score (nSPS) is 12.2. The van der Waals surface area contributed by atoms with Crippen LogP contribution < -0.4 is 4.90 Å². The molecule has 292 valence electrons. The molecule has 0 spiro atoms. The van der Waals surface area contributed by atoms with Crippen LogP contribution in [0, 0.1) is 0 Å². The van der Waals surface area contributed by atoms with Gasteiger partial charge in [-0.2, -0.15) is 26.3 Å². The average Bonchev–Trinajstić information content (AvgIpc) is 3.61. The second kappa shape index (κ2) is 14.2. The van der Waals surface area contributed by atoms with Gasteiger partial charge in [-0.15, -0.1) is 0 Å². The van der Waals surface area contributed by atoms with Crippen LogP contribution >= 0.6 is 0 Å². The lowest BCUT2D eigenvalue weighted by atomic mass is 9.95. The van der Waals surface area contributed by atoms with Crippen molar-refractivity contribution in [2.75, 3.05) is 4.90 Å². The molecule has 0 amide bonds. The van der Waals surface area contributed by atoms with E-state index in [9.17, 15) is 26.3 Å². The largest absolute Gasteiger partial charge is 0.417 e. The van der Waals surface area contributed by atoms with Crippen molar-refractivity contribution in [3.63, 3.8) is 0 Å². The molecule has 0 saturated carbocycles. The van der Waals surface area contributed by atoms with Gasteiger partial charge in [0.2, 0.25) is 0 Å². The molecule has 2 nitrogen and oxygen atoms in total. The number of rotatable bonds is 7. The van der Waals surface area contributed by atoms with Crippen molar-refractivity contribution in [1.82, 2.24) is 4.57 Å². The summed E-state index contributed by atoms with van der Waals surface area (Å²) in [7, 11) is 0. The van der Waals surface area contributed by atoms with Crippen LogP contribution in [0.15, 0.2) is 194 Å². The van der Waals surface area contributed by atoms with Gasteiger partial charge in [0, 0.05) is 33.5 Å². The number of halogens is 6. The third-order valence-electron chi connectivity index (χ3n) is 11.2. The third-order valence-corrected chi connectivity index (χ3v) is 11.2. The van der Waals surface area contributed by atoms with Crippen LogP contribution in [0.2, 0.25) is 0 Å². The minimum atomic E-state index is -4.70. The summed E-state index contributed by atoms with van der Waals surface area (Å²) in [6, 6.07) is 59.8. The van der Waals surface area contributed by atoms with E-state index in [4.69, 9.17) is 0 Å². The molecule has 0 aliphatic carbocycles. The van der Waals surface area contributed by atoms with Gasteiger partial charge in [0.1, 0.15) is 0 Å². The zero-order valence-corrected chi connectivity index (χ0v) is 31.6. The van der Waals surface area contributed by atoms with Crippen LogP contribution in [-0.2, 0) is 12.4 Å². The Bertz CT molecular complexity index is 2990. The number of anilines is 3. The maximum Gasteiger partial charge on any atom is 0.417 e. The lowest BCUT2D eigenvalue weighted by molar-refractivity contribution is -0.137. The Morgan fingerprint density at radius 1 is 0.333 bits per heavy atom. The Morgan fingerprint density at radius 2 is 0.717 bits per heavy atom. The fourth-order valence-electron chi connectivity index (χ4n) is 8.50. The van der Waals surface area contributed by atoms with E-state index in [1.165, 1.54) is 12.1 Å². The highest BCUT2D eigenvalue weighted by molar-refractivity contribution is 6.25. The molecule has 9 aromatic carbocycles. The van der Waals surface area contributed by atoms with Crippen molar-refractivity contribution >= 4 is 49.6 Å². The number of benzene rings is 9.